The number of rotatable bonds is 6. The summed E-state index contributed by atoms with van der Waals surface area (Å²) in [5.74, 6) is -1.21. The van der Waals surface area contributed by atoms with Crippen molar-refractivity contribution in [1.29, 1.82) is 0 Å². The van der Waals surface area contributed by atoms with E-state index in [1.165, 1.54) is 10.4 Å². The minimum Gasteiger partial charge on any atom is -0.480 e. The van der Waals surface area contributed by atoms with Crippen LogP contribution in [0.25, 0.3) is 0 Å². The fraction of sp³-hybridized carbons (Fsp3) is 0.579. The molecular formula is C19H28N2O5S. The maximum Gasteiger partial charge on any atom is 0.326 e. The number of nitrogens with zero attached hydrogens (tertiary/aromatic N) is 1. The van der Waals surface area contributed by atoms with Gasteiger partial charge in [-0.1, -0.05) is 13.8 Å². The van der Waals surface area contributed by atoms with Gasteiger partial charge in [0.15, 0.2) is 0 Å². The van der Waals surface area contributed by atoms with E-state index in [1.807, 2.05) is 0 Å². The number of benzene rings is 1. The highest BCUT2D eigenvalue weighted by Gasteiger charge is 2.30. The van der Waals surface area contributed by atoms with Crippen molar-refractivity contribution in [3.63, 3.8) is 0 Å². The summed E-state index contributed by atoms with van der Waals surface area (Å²) in [5, 5.41) is 11.6. The van der Waals surface area contributed by atoms with E-state index in [9.17, 15) is 18.0 Å². The lowest BCUT2D eigenvalue weighted by Gasteiger charge is -2.30. The number of hydrogen-bond donors (Lipinski definition) is 2. The van der Waals surface area contributed by atoms with Gasteiger partial charge >= 0.3 is 5.97 Å². The fourth-order valence-corrected chi connectivity index (χ4v) is 4.96. The van der Waals surface area contributed by atoms with Gasteiger partial charge in [0.2, 0.25) is 10.0 Å². The predicted molar refractivity (Wildman–Crippen MR) is 102 cm³/mol. The Labute approximate surface area is 160 Å². The summed E-state index contributed by atoms with van der Waals surface area (Å²) in [4.78, 5) is 23.8. The average molecular weight is 397 g/mol. The number of aliphatic carboxylic acids is 1. The Kier molecular flexibility index (Phi) is 6.64. The Balaban J connectivity index is 2.38. The molecule has 1 aliphatic rings. The summed E-state index contributed by atoms with van der Waals surface area (Å²) >= 11 is 0. The van der Waals surface area contributed by atoms with Crippen molar-refractivity contribution in [2.45, 2.75) is 57.9 Å². The number of carboxylic acids is 1. The topological polar surface area (TPSA) is 104 Å². The van der Waals surface area contributed by atoms with Gasteiger partial charge in [-0.25, -0.2) is 13.2 Å². The first kappa shape index (κ1) is 21.4. The smallest absolute Gasteiger partial charge is 0.326 e. The molecule has 2 N–H and O–H groups in total. The Hall–Kier alpha value is -1.93. The molecule has 1 heterocycles. The molecular weight excluding hydrogens is 368 g/mol. The zero-order valence-corrected chi connectivity index (χ0v) is 17.1. The molecule has 27 heavy (non-hydrogen) atoms. The first-order valence-electron chi connectivity index (χ1n) is 9.23. The van der Waals surface area contributed by atoms with Crippen molar-refractivity contribution in [2.24, 2.45) is 5.92 Å². The van der Waals surface area contributed by atoms with Gasteiger partial charge in [-0.3, -0.25) is 4.79 Å². The van der Waals surface area contributed by atoms with E-state index in [-0.39, 0.29) is 16.9 Å². The van der Waals surface area contributed by atoms with Crippen molar-refractivity contribution in [1.82, 2.24) is 9.62 Å². The molecule has 0 saturated carbocycles. The number of piperidine rings is 1. The Morgan fingerprint density at radius 1 is 1.26 bits per heavy atom. The van der Waals surface area contributed by atoms with Crippen LogP contribution in [0.1, 0.15) is 54.6 Å². The lowest BCUT2D eigenvalue weighted by molar-refractivity contribution is -0.139. The average Bonchev–Trinajstić information content (AvgIpc) is 2.61. The van der Waals surface area contributed by atoms with Gasteiger partial charge in [0.25, 0.3) is 5.91 Å². The van der Waals surface area contributed by atoms with E-state index in [0.29, 0.717) is 30.1 Å². The number of hydrogen-bond acceptors (Lipinski definition) is 4. The summed E-state index contributed by atoms with van der Waals surface area (Å²) in [7, 11) is -3.71. The lowest BCUT2D eigenvalue weighted by Crippen LogP contribution is -2.40. The van der Waals surface area contributed by atoms with Gasteiger partial charge in [0.05, 0.1) is 4.90 Å². The van der Waals surface area contributed by atoms with Crippen LogP contribution in [0.15, 0.2) is 17.0 Å². The lowest BCUT2D eigenvalue weighted by atomic mass is 10.0. The first-order chi connectivity index (χ1) is 12.6. The highest BCUT2D eigenvalue weighted by Crippen LogP contribution is 2.28. The van der Waals surface area contributed by atoms with Gasteiger partial charge < -0.3 is 10.4 Å². The molecule has 0 radical (unpaired) electrons. The van der Waals surface area contributed by atoms with E-state index < -0.39 is 27.9 Å². The van der Waals surface area contributed by atoms with Crippen LogP contribution in [-0.2, 0) is 14.8 Å². The fourth-order valence-electron chi connectivity index (χ4n) is 3.17. The third-order valence-electron chi connectivity index (χ3n) is 5.25. The summed E-state index contributed by atoms with van der Waals surface area (Å²) in [5.41, 5.74) is 1.44. The van der Waals surface area contributed by atoms with Crippen molar-refractivity contribution in [3.8, 4) is 0 Å². The molecule has 2 rings (SSSR count). The Bertz CT molecular complexity index is 827. The summed E-state index contributed by atoms with van der Waals surface area (Å²) < 4.78 is 27.7. The van der Waals surface area contributed by atoms with Crippen molar-refractivity contribution in [2.75, 3.05) is 13.1 Å². The number of amides is 1. The molecule has 1 atom stereocenters. The van der Waals surface area contributed by atoms with Gasteiger partial charge in [-0.15, -0.1) is 0 Å². The van der Waals surface area contributed by atoms with Crippen molar-refractivity contribution in [3.05, 3.63) is 28.8 Å². The van der Waals surface area contributed by atoms with Gasteiger partial charge in [-0.2, -0.15) is 4.31 Å². The van der Waals surface area contributed by atoms with E-state index in [2.05, 4.69) is 12.2 Å². The molecule has 0 spiro atoms. The molecule has 0 bridgehead atoms. The molecule has 0 aromatic heterocycles. The third-order valence-corrected chi connectivity index (χ3v) is 7.28. The predicted octanol–water partition coefficient (Wildman–Crippen LogP) is 2.32. The third kappa shape index (κ3) is 4.68. The van der Waals surface area contributed by atoms with Crippen LogP contribution in [0, 0.1) is 19.8 Å². The summed E-state index contributed by atoms with van der Waals surface area (Å²) in [6.45, 7) is 8.18. The maximum atomic E-state index is 13.1. The van der Waals surface area contributed by atoms with Crippen LogP contribution in [-0.4, -0.2) is 48.8 Å². The largest absolute Gasteiger partial charge is 0.480 e. The van der Waals surface area contributed by atoms with Gasteiger partial charge in [0, 0.05) is 18.7 Å². The van der Waals surface area contributed by atoms with Gasteiger partial charge in [0.1, 0.15) is 6.04 Å². The molecule has 0 aliphatic carbocycles. The molecule has 1 unspecified atom stereocenters. The monoisotopic (exact) mass is 396 g/mol. The number of aryl methyl sites for hydroxylation is 1. The minimum absolute atomic E-state index is 0.116. The van der Waals surface area contributed by atoms with E-state index in [0.717, 1.165) is 12.8 Å². The molecule has 1 aromatic carbocycles. The van der Waals surface area contributed by atoms with Crippen LogP contribution in [0.2, 0.25) is 0 Å². The number of carboxylic acid groups (broad SMARTS) is 1. The van der Waals surface area contributed by atoms with Crippen molar-refractivity contribution >= 4 is 21.9 Å². The number of carbonyl (C=O) groups excluding carboxylic acids is 1. The van der Waals surface area contributed by atoms with Crippen LogP contribution < -0.4 is 5.32 Å². The second kappa shape index (κ2) is 8.39. The maximum absolute atomic E-state index is 13.1. The molecule has 1 amide bonds. The molecule has 7 nitrogen and oxygen atoms in total. The zero-order valence-electron chi connectivity index (χ0n) is 16.3. The second-order valence-corrected chi connectivity index (χ2v) is 9.18. The standard InChI is InChI=1S/C19H28N2O5S/c1-5-16(19(23)24)20-18(22)15-10-13(3)14(4)17(11-15)27(25,26)21-8-6-12(2)7-9-21/h10-12,16H,5-9H2,1-4H3,(H,20,22)(H,23,24). The summed E-state index contributed by atoms with van der Waals surface area (Å²) in [6.07, 6.45) is 1.87. The number of sulfonamides is 1. The highest BCUT2D eigenvalue weighted by molar-refractivity contribution is 7.89. The quantitative estimate of drug-likeness (QED) is 0.768. The molecule has 150 valence electrons. The SMILES string of the molecule is CCC(NC(=O)c1cc(C)c(C)c(S(=O)(=O)N2CCC(C)CC2)c1)C(=O)O. The van der Waals surface area contributed by atoms with Crippen LogP contribution in [0.3, 0.4) is 0 Å². The van der Waals surface area contributed by atoms with Gasteiger partial charge in [-0.05, 0) is 62.3 Å². The number of nitrogens with one attached hydrogen (secondary N) is 1. The van der Waals surface area contributed by atoms with Crippen LogP contribution in [0.5, 0.6) is 0 Å². The van der Waals surface area contributed by atoms with E-state index in [1.54, 1.807) is 26.8 Å². The molecule has 8 heteroatoms. The first-order valence-corrected chi connectivity index (χ1v) is 10.7. The highest BCUT2D eigenvalue weighted by atomic mass is 32.2. The molecule has 1 aromatic rings. The molecule has 1 saturated heterocycles. The Morgan fingerprint density at radius 2 is 1.85 bits per heavy atom. The minimum atomic E-state index is -3.71. The molecule has 1 aliphatic heterocycles. The Morgan fingerprint density at radius 3 is 2.37 bits per heavy atom. The van der Waals surface area contributed by atoms with Crippen LogP contribution in [0.4, 0.5) is 0 Å². The number of carbonyl (C=O) groups is 2. The van der Waals surface area contributed by atoms with Crippen molar-refractivity contribution < 1.29 is 23.1 Å². The summed E-state index contributed by atoms with van der Waals surface area (Å²) in [6, 6.07) is 1.94. The van der Waals surface area contributed by atoms with E-state index >= 15 is 0 Å². The normalized spacial score (nSPS) is 17.5. The van der Waals surface area contributed by atoms with Crippen LogP contribution >= 0.6 is 0 Å². The zero-order chi connectivity index (χ0) is 20.4. The van der Waals surface area contributed by atoms with E-state index in [4.69, 9.17) is 5.11 Å². The molecule has 1 fully saturated rings. The second-order valence-electron chi connectivity index (χ2n) is 7.28.